The lowest BCUT2D eigenvalue weighted by atomic mass is 9.96. The summed E-state index contributed by atoms with van der Waals surface area (Å²) in [7, 11) is 0. The van der Waals surface area contributed by atoms with Gasteiger partial charge in [0.2, 0.25) is 0 Å². The van der Waals surface area contributed by atoms with Crippen LogP contribution in [0.4, 0.5) is 0 Å². The minimum Gasteiger partial charge on any atom is -0.335 e. The molecule has 1 saturated heterocycles. The van der Waals surface area contributed by atoms with Gasteiger partial charge in [-0.3, -0.25) is 4.90 Å². The van der Waals surface area contributed by atoms with Crippen molar-refractivity contribution in [3.05, 3.63) is 90.0 Å². The summed E-state index contributed by atoms with van der Waals surface area (Å²) >= 11 is 0. The van der Waals surface area contributed by atoms with Gasteiger partial charge in [0.05, 0.1) is 6.04 Å². The van der Waals surface area contributed by atoms with Crippen molar-refractivity contribution in [2.45, 2.75) is 32.4 Å². The molecule has 0 aliphatic carbocycles. The molecule has 4 heteroatoms. The number of benzene rings is 2. The normalized spacial score (nSPS) is 15.8. The average Bonchev–Trinajstić information content (AvgIpc) is 3.19. The summed E-state index contributed by atoms with van der Waals surface area (Å²) in [6, 6.07) is 22.3. The Hall–Kier alpha value is -2.43. The van der Waals surface area contributed by atoms with Crippen molar-refractivity contribution in [1.82, 2.24) is 19.4 Å². The molecule has 2 aromatic carbocycles. The largest absolute Gasteiger partial charge is 0.335 e. The summed E-state index contributed by atoms with van der Waals surface area (Å²) in [5.74, 6) is 1.12. The molecule has 1 fully saturated rings. The third-order valence-electron chi connectivity index (χ3n) is 6.05. The molecule has 0 radical (unpaired) electrons. The first-order valence-electron chi connectivity index (χ1n) is 10.9. The number of imidazole rings is 1. The van der Waals surface area contributed by atoms with E-state index in [2.05, 4.69) is 93.1 Å². The molecule has 3 aromatic rings. The van der Waals surface area contributed by atoms with Gasteiger partial charge in [-0.05, 0) is 37.4 Å². The Kier molecular flexibility index (Phi) is 6.75. The molecule has 0 amide bonds. The molecule has 1 aliphatic heterocycles. The van der Waals surface area contributed by atoms with Crippen LogP contribution < -0.4 is 0 Å². The van der Waals surface area contributed by atoms with E-state index in [-0.39, 0.29) is 0 Å². The van der Waals surface area contributed by atoms with Gasteiger partial charge < -0.3 is 9.47 Å². The molecular formula is C25H32N4. The van der Waals surface area contributed by atoms with Gasteiger partial charge in [0.25, 0.3) is 0 Å². The van der Waals surface area contributed by atoms with Crippen LogP contribution in [0.2, 0.25) is 0 Å². The Morgan fingerprint density at radius 1 is 0.793 bits per heavy atom. The SMILES string of the molecule is Cc1nccn1CCCCN1CCN(C(c2ccccc2)c2ccccc2)CC1. The second-order valence-corrected chi connectivity index (χ2v) is 7.98. The average molecular weight is 389 g/mol. The number of hydrogen-bond donors (Lipinski definition) is 0. The molecule has 2 heterocycles. The van der Waals surface area contributed by atoms with Crippen LogP contribution >= 0.6 is 0 Å². The fourth-order valence-corrected chi connectivity index (χ4v) is 4.39. The van der Waals surface area contributed by atoms with Crippen LogP contribution in [0.5, 0.6) is 0 Å². The van der Waals surface area contributed by atoms with Gasteiger partial charge in [0.1, 0.15) is 5.82 Å². The maximum Gasteiger partial charge on any atom is 0.105 e. The van der Waals surface area contributed by atoms with E-state index in [1.807, 2.05) is 6.20 Å². The Morgan fingerprint density at radius 2 is 1.38 bits per heavy atom. The van der Waals surface area contributed by atoms with E-state index in [0.717, 1.165) is 38.5 Å². The van der Waals surface area contributed by atoms with E-state index in [4.69, 9.17) is 0 Å². The van der Waals surface area contributed by atoms with Crippen LogP contribution in [0.15, 0.2) is 73.1 Å². The second kappa shape index (κ2) is 9.86. The fourth-order valence-electron chi connectivity index (χ4n) is 4.39. The molecule has 0 atom stereocenters. The monoisotopic (exact) mass is 388 g/mol. The molecule has 4 rings (SSSR count). The van der Waals surface area contributed by atoms with E-state index in [1.54, 1.807) is 0 Å². The van der Waals surface area contributed by atoms with Gasteiger partial charge in [-0.15, -0.1) is 0 Å². The zero-order valence-electron chi connectivity index (χ0n) is 17.5. The highest BCUT2D eigenvalue weighted by Crippen LogP contribution is 2.29. The van der Waals surface area contributed by atoms with E-state index in [0.29, 0.717) is 6.04 Å². The maximum atomic E-state index is 4.31. The predicted octanol–water partition coefficient (Wildman–Crippen LogP) is 4.38. The molecule has 1 aromatic heterocycles. The zero-order valence-corrected chi connectivity index (χ0v) is 17.5. The molecule has 152 valence electrons. The van der Waals surface area contributed by atoms with Gasteiger partial charge in [0, 0.05) is 45.1 Å². The molecule has 29 heavy (non-hydrogen) atoms. The first-order chi connectivity index (χ1) is 14.3. The van der Waals surface area contributed by atoms with Crippen LogP contribution in [0.3, 0.4) is 0 Å². The van der Waals surface area contributed by atoms with E-state index in [9.17, 15) is 0 Å². The van der Waals surface area contributed by atoms with E-state index >= 15 is 0 Å². The highest BCUT2D eigenvalue weighted by Gasteiger charge is 2.25. The first-order valence-corrected chi connectivity index (χ1v) is 10.9. The standard InChI is InChI=1S/C25H32N4/c1-22-26-14-17-28(22)16-9-8-15-27-18-20-29(21-19-27)25(23-10-4-2-5-11-23)24-12-6-3-7-13-24/h2-7,10-14,17,25H,8-9,15-16,18-21H2,1H3. The van der Waals surface area contributed by atoms with Crippen molar-refractivity contribution < 1.29 is 0 Å². The van der Waals surface area contributed by atoms with Gasteiger partial charge in [0.15, 0.2) is 0 Å². The summed E-state index contributed by atoms with van der Waals surface area (Å²) in [6.45, 7) is 8.90. The van der Waals surface area contributed by atoms with Crippen LogP contribution in [0, 0.1) is 6.92 Å². The lowest BCUT2D eigenvalue weighted by Crippen LogP contribution is -2.48. The summed E-state index contributed by atoms with van der Waals surface area (Å²) in [4.78, 5) is 9.59. The van der Waals surface area contributed by atoms with Crippen LogP contribution in [0.1, 0.15) is 35.8 Å². The van der Waals surface area contributed by atoms with Crippen molar-refractivity contribution in [3.63, 3.8) is 0 Å². The van der Waals surface area contributed by atoms with Crippen LogP contribution in [-0.4, -0.2) is 52.1 Å². The van der Waals surface area contributed by atoms with Crippen molar-refractivity contribution in [2.75, 3.05) is 32.7 Å². The number of rotatable bonds is 8. The molecule has 1 aliphatic rings. The van der Waals surface area contributed by atoms with E-state index in [1.165, 1.54) is 30.5 Å². The molecule has 0 unspecified atom stereocenters. The van der Waals surface area contributed by atoms with Gasteiger partial charge in [-0.1, -0.05) is 60.7 Å². The minimum atomic E-state index is 0.351. The maximum absolute atomic E-state index is 4.31. The lowest BCUT2D eigenvalue weighted by Gasteiger charge is -2.39. The topological polar surface area (TPSA) is 24.3 Å². The lowest BCUT2D eigenvalue weighted by molar-refractivity contribution is 0.108. The third-order valence-corrected chi connectivity index (χ3v) is 6.05. The molecule has 0 spiro atoms. The summed E-state index contributed by atoms with van der Waals surface area (Å²) in [5, 5.41) is 0. The van der Waals surface area contributed by atoms with E-state index < -0.39 is 0 Å². The molecular weight excluding hydrogens is 356 g/mol. The molecule has 0 saturated carbocycles. The predicted molar refractivity (Wildman–Crippen MR) is 119 cm³/mol. The molecule has 0 N–H and O–H groups in total. The summed E-state index contributed by atoms with van der Waals surface area (Å²) in [5.41, 5.74) is 2.78. The van der Waals surface area contributed by atoms with Gasteiger partial charge in [-0.2, -0.15) is 0 Å². The Balaban J connectivity index is 1.30. The number of unbranched alkanes of at least 4 members (excludes halogenated alkanes) is 1. The molecule has 4 nitrogen and oxygen atoms in total. The second-order valence-electron chi connectivity index (χ2n) is 7.98. The van der Waals surface area contributed by atoms with Crippen molar-refractivity contribution in [1.29, 1.82) is 0 Å². The number of hydrogen-bond acceptors (Lipinski definition) is 3. The van der Waals surface area contributed by atoms with Crippen molar-refractivity contribution in [3.8, 4) is 0 Å². The zero-order chi connectivity index (χ0) is 19.9. The number of aryl methyl sites for hydroxylation is 2. The highest BCUT2D eigenvalue weighted by atomic mass is 15.3. The Morgan fingerprint density at radius 3 is 1.93 bits per heavy atom. The summed E-state index contributed by atoms with van der Waals surface area (Å²) in [6.07, 6.45) is 6.44. The minimum absolute atomic E-state index is 0.351. The smallest absolute Gasteiger partial charge is 0.105 e. The number of piperazine rings is 1. The number of nitrogens with zero attached hydrogens (tertiary/aromatic N) is 4. The highest BCUT2D eigenvalue weighted by molar-refractivity contribution is 5.31. The Labute approximate surface area is 174 Å². The third kappa shape index (κ3) is 5.14. The summed E-state index contributed by atoms with van der Waals surface area (Å²) < 4.78 is 2.25. The van der Waals surface area contributed by atoms with Crippen molar-refractivity contribution >= 4 is 0 Å². The number of aromatic nitrogens is 2. The Bertz CT molecular complexity index is 811. The van der Waals surface area contributed by atoms with Crippen LogP contribution in [0.25, 0.3) is 0 Å². The van der Waals surface area contributed by atoms with Crippen molar-refractivity contribution in [2.24, 2.45) is 0 Å². The van der Waals surface area contributed by atoms with Gasteiger partial charge >= 0.3 is 0 Å². The quantitative estimate of drug-likeness (QED) is 0.535. The molecule has 0 bridgehead atoms. The fraction of sp³-hybridized carbons (Fsp3) is 0.400. The first kappa shape index (κ1) is 19.9. The van der Waals surface area contributed by atoms with Crippen LogP contribution in [-0.2, 0) is 6.54 Å². The van der Waals surface area contributed by atoms with Gasteiger partial charge in [-0.25, -0.2) is 4.98 Å².